The molecule has 0 aliphatic heterocycles. The third-order valence-corrected chi connectivity index (χ3v) is 4.24. The zero-order valence-electron chi connectivity index (χ0n) is 12.6. The van der Waals surface area contributed by atoms with Crippen LogP contribution in [0.3, 0.4) is 0 Å². The Morgan fingerprint density at radius 2 is 2.00 bits per heavy atom. The maximum Gasteiger partial charge on any atom is 0.234 e. The quantitative estimate of drug-likeness (QED) is 0.857. The van der Waals surface area contributed by atoms with Crippen molar-refractivity contribution in [2.24, 2.45) is 11.7 Å². The Labute approximate surface area is 114 Å². The molecule has 5 nitrogen and oxygen atoms in total. The Morgan fingerprint density at radius 1 is 1.37 bits per heavy atom. The molecule has 0 saturated heterocycles. The van der Waals surface area contributed by atoms with Crippen LogP contribution >= 0.6 is 0 Å². The summed E-state index contributed by atoms with van der Waals surface area (Å²) < 4.78 is 11.2. The molecule has 0 radical (unpaired) electrons. The van der Waals surface area contributed by atoms with Crippen LogP contribution in [0, 0.1) is 5.92 Å². The van der Waals surface area contributed by atoms with Crippen LogP contribution in [0.2, 0.25) is 0 Å². The smallest absolute Gasteiger partial charge is 0.234 e. The minimum absolute atomic E-state index is 0.0285. The van der Waals surface area contributed by atoms with Crippen LogP contribution in [0.1, 0.15) is 65.3 Å². The van der Waals surface area contributed by atoms with Gasteiger partial charge in [-0.2, -0.15) is 4.98 Å². The van der Waals surface area contributed by atoms with Crippen LogP contribution in [0.15, 0.2) is 4.52 Å². The maximum atomic E-state index is 6.20. The van der Waals surface area contributed by atoms with Crippen LogP contribution < -0.4 is 5.73 Å². The molecule has 0 spiro atoms. The summed E-state index contributed by atoms with van der Waals surface area (Å²) in [5.41, 5.74) is 5.39. The molecule has 1 aromatic rings. The summed E-state index contributed by atoms with van der Waals surface area (Å²) in [6.45, 7) is 10.6. The van der Waals surface area contributed by atoms with Gasteiger partial charge in [0.15, 0.2) is 0 Å². The summed E-state index contributed by atoms with van der Waals surface area (Å²) in [5, 5.41) is 4.11. The molecule has 1 unspecified atom stereocenters. The average molecular weight is 267 g/mol. The number of ether oxygens (including phenoxy) is 1. The Bertz CT molecular complexity index is 430. The lowest BCUT2D eigenvalue weighted by Gasteiger charge is -2.34. The average Bonchev–Trinajstić information content (AvgIpc) is 3.00. The fourth-order valence-electron chi connectivity index (χ4n) is 1.88. The second-order valence-corrected chi connectivity index (χ2v) is 6.52. The van der Waals surface area contributed by atoms with E-state index in [4.69, 9.17) is 15.0 Å². The van der Waals surface area contributed by atoms with Crippen molar-refractivity contribution in [2.45, 2.75) is 64.5 Å². The lowest BCUT2D eigenvalue weighted by molar-refractivity contribution is 0.0384. The topological polar surface area (TPSA) is 74.2 Å². The number of hydrogen-bond acceptors (Lipinski definition) is 5. The van der Waals surface area contributed by atoms with Crippen LogP contribution in [0.5, 0.6) is 0 Å². The van der Waals surface area contributed by atoms with Crippen molar-refractivity contribution in [1.82, 2.24) is 10.1 Å². The molecule has 1 aliphatic carbocycles. The largest absolute Gasteiger partial charge is 0.370 e. The first-order chi connectivity index (χ1) is 8.77. The molecule has 1 fully saturated rings. The first kappa shape index (κ1) is 14.5. The molecule has 0 amide bonds. The van der Waals surface area contributed by atoms with Crippen LogP contribution in [-0.4, -0.2) is 22.3 Å². The van der Waals surface area contributed by atoms with Gasteiger partial charge in [-0.1, -0.05) is 5.16 Å². The van der Waals surface area contributed by atoms with Gasteiger partial charge < -0.3 is 15.0 Å². The molecule has 1 aliphatic rings. The molecule has 108 valence electrons. The molecular weight excluding hydrogens is 242 g/mol. The van der Waals surface area contributed by atoms with Gasteiger partial charge in [0.05, 0.1) is 5.41 Å². The second kappa shape index (κ2) is 4.87. The monoisotopic (exact) mass is 267 g/mol. The van der Waals surface area contributed by atoms with E-state index in [1.54, 1.807) is 0 Å². The third kappa shape index (κ3) is 2.82. The number of nitrogens with zero attached hydrogens (tertiary/aromatic N) is 2. The van der Waals surface area contributed by atoms with Gasteiger partial charge in [-0.25, -0.2) is 0 Å². The van der Waals surface area contributed by atoms with Gasteiger partial charge in [0, 0.05) is 12.1 Å². The zero-order valence-corrected chi connectivity index (χ0v) is 12.6. The van der Waals surface area contributed by atoms with Gasteiger partial charge in [0.25, 0.3) is 0 Å². The van der Waals surface area contributed by atoms with E-state index in [9.17, 15) is 0 Å². The van der Waals surface area contributed by atoms with Gasteiger partial charge in [-0.3, -0.25) is 0 Å². The Balaban J connectivity index is 2.22. The summed E-state index contributed by atoms with van der Waals surface area (Å²) in [6, 6.07) is 0. The van der Waals surface area contributed by atoms with E-state index in [-0.39, 0.29) is 11.5 Å². The van der Waals surface area contributed by atoms with E-state index < -0.39 is 5.54 Å². The van der Waals surface area contributed by atoms with Crippen molar-refractivity contribution < 1.29 is 9.26 Å². The summed E-state index contributed by atoms with van der Waals surface area (Å²) in [6.07, 6.45) is 2.33. The summed E-state index contributed by atoms with van der Waals surface area (Å²) in [7, 11) is 0. The highest BCUT2D eigenvalue weighted by Gasteiger charge is 2.42. The van der Waals surface area contributed by atoms with Crippen LogP contribution in [-0.2, 0) is 10.2 Å². The molecule has 2 rings (SSSR count). The normalized spacial score (nSPS) is 18.6. The minimum atomic E-state index is -0.433. The van der Waals surface area contributed by atoms with Gasteiger partial charge >= 0.3 is 0 Å². The summed E-state index contributed by atoms with van der Waals surface area (Å²) in [5.74, 6) is 1.79. The van der Waals surface area contributed by atoms with E-state index in [1.165, 1.54) is 12.8 Å². The minimum Gasteiger partial charge on any atom is -0.370 e. The number of rotatable bonds is 6. The standard InChI is InChI=1S/C14H25N3O2/c1-6-18-10(9-7-8-9)11-16-12(19-17-11)13(2,3)14(4,5)15/h9-10H,6-8,15H2,1-5H3. The maximum absolute atomic E-state index is 6.20. The highest BCUT2D eigenvalue weighted by molar-refractivity contribution is 5.12. The lowest BCUT2D eigenvalue weighted by Crippen LogP contribution is -2.50. The van der Waals surface area contributed by atoms with Gasteiger partial charge in [0.2, 0.25) is 11.7 Å². The van der Waals surface area contributed by atoms with Gasteiger partial charge in [0.1, 0.15) is 6.10 Å². The number of nitrogens with two attached hydrogens (primary N) is 1. The van der Waals surface area contributed by atoms with Crippen molar-refractivity contribution in [3.05, 3.63) is 11.7 Å². The predicted molar refractivity (Wildman–Crippen MR) is 72.7 cm³/mol. The van der Waals surface area contributed by atoms with Crippen molar-refractivity contribution in [1.29, 1.82) is 0 Å². The number of hydrogen-bond donors (Lipinski definition) is 1. The first-order valence-electron chi connectivity index (χ1n) is 7.02. The second-order valence-electron chi connectivity index (χ2n) is 6.52. The first-order valence-corrected chi connectivity index (χ1v) is 7.02. The fraction of sp³-hybridized carbons (Fsp3) is 0.857. The number of aromatic nitrogens is 2. The lowest BCUT2D eigenvalue weighted by atomic mass is 9.75. The Kier molecular flexibility index (Phi) is 3.71. The SMILES string of the molecule is CCOC(c1noc(C(C)(C)C(C)(C)N)n1)C1CC1. The molecule has 1 atom stereocenters. The van der Waals surface area contributed by atoms with E-state index in [2.05, 4.69) is 10.1 Å². The molecular formula is C14H25N3O2. The Hall–Kier alpha value is -0.940. The van der Waals surface area contributed by atoms with Crippen molar-refractivity contribution in [3.63, 3.8) is 0 Å². The van der Waals surface area contributed by atoms with Crippen molar-refractivity contribution >= 4 is 0 Å². The molecule has 0 aromatic carbocycles. The molecule has 19 heavy (non-hydrogen) atoms. The van der Waals surface area contributed by atoms with E-state index in [1.807, 2.05) is 34.6 Å². The van der Waals surface area contributed by atoms with E-state index in [0.29, 0.717) is 24.2 Å². The molecule has 2 N–H and O–H groups in total. The molecule has 1 aromatic heterocycles. The van der Waals surface area contributed by atoms with E-state index >= 15 is 0 Å². The molecule has 1 saturated carbocycles. The highest BCUT2D eigenvalue weighted by atomic mass is 16.5. The summed E-state index contributed by atoms with van der Waals surface area (Å²) >= 11 is 0. The van der Waals surface area contributed by atoms with Gasteiger partial charge in [-0.15, -0.1) is 0 Å². The predicted octanol–water partition coefficient (Wildman–Crippen LogP) is 2.57. The zero-order chi connectivity index (χ0) is 14.3. The highest BCUT2D eigenvalue weighted by Crippen LogP contribution is 2.43. The Morgan fingerprint density at radius 3 is 2.47 bits per heavy atom. The third-order valence-electron chi connectivity index (χ3n) is 4.24. The summed E-state index contributed by atoms with van der Waals surface area (Å²) in [4.78, 5) is 4.55. The van der Waals surface area contributed by atoms with Gasteiger partial charge in [-0.05, 0) is 53.4 Å². The molecule has 1 heterocycles. The molecule has 0 bridgehead atoms. The van der Waals surface area contributed by atoms with Crippen LogP contribution in [0.25, 0.3) is 0 Å². The van der Waals surface area contributed by atoms with Crippen LogP contribution in [0.4, 0.5) is 0 Å². The van der Waals surface area contributed by atoms with Crippen molar-refractivity contribution in [3.8, 4) is 0 Å². The van der Waals surface area contributed by atoms with Crippen molar-refractivity contribution in [2.75, 3.05) is 6.61 Å². The van der Waals surface area contributed by atoms with E-state index in [0.717, 1.165) is 0 Å². The molecule has 5 heteroatoms. The fourth-order valence-corrected chi connectivity index (χ4v) is 1.88.